The van der Waals surface area contributed by atoms with Crippen LogP contribution in [0, 0.1) is 27.2 Å². The van der Waals surface area contributed by atoms with Crippen molar-refractivity contribution >= 4 is 23.0 Å². The Bertz CT molecular complexity index is 829. The molecule has 142 valence electrons. The molecule has 27 heavy (non-hydrogen) atoms. The van der Waals surface area contributed by atoms with E-state index in [1.165, 1.54) is 6.92 Å². The quantitative estimate of drug-likeness (QED) is 0.419. The van der Waals surface area contributed by atoms with Crippen LogP contribution in [0.1, 0.15) is 35.7 Å². The maximum atomic E-state index is 12.4. The van der Waals surface area contributed by atoms with Crippen molar-refractivity contribution in [3.8, 4) is 5.75 Å². The summed E-state index contributed by atoms with van der Waals surface area (Å²) < 4.78 is 5.53. The lowest BCUT2D eigenvalue weighted by Crippen LogP contribution is -2.13. The average Bonchev–Trinajstić information content (AvgIpc) is 2.63. The number of carbonyl (C=O) groups excluding carboxylic acids is 1. The summed E-state index contributed by atoms with van der Waals surface area (Å²) in [6, 6.07) is 8.67. The van der Waals surface area contributed by atoms with E-state index in [-0.39, 0.29) is 11.1 Å². The highest BCUT2D eigenvalue weighted by atomic mass is 16.6. The minimum Gasteiger partial charge on any atom is -0.494 e. The summed E-state index contributed by atoms with van der Waals surface area (Å²) in [6.45, 7) is 3.93. The number of benzene rings is 2. The molecule has 9 heteroatoms. The number of unbranched alkanes of at least 4 members (excludes halogenated alkanes) is 1. The highest BCUT2D eigenvalue weighted by Crippen LogP contribution is 2.29. The van der Waals surface area contributed by atoms with Gasteiger partial charge in [-0.2, -0.15) is 0 Å². The summed E-state index contributed by atoms with van der Waals surface area (Å²) >= 11 is 0. The van der Waals surface area contributed by atoms with E-state index in [2.05, 4.69) is 12.2 Å². The first kappa shape index (κ1) is 19.8. The topological polar surface area (TPSA) is 125 Å². The number of amides is 1. The Balaban J connectivity index is 2.20. The van der Waals surface area contributed by atoms with E-state index >= 15 is 0 Å². The summed E-state index contributed by atoms with van der Waals surface area (Å²) in [6.07, 6.45) is 1.95. The van der Waals surface area contributed by atoms with Crippen molar-refractivity contribution in [1.82, 2.24) is 0 Å². The zero-order chi connectivity index (χ0) is 20.0. The second-order valence-electron chi connectivity index (χ2n) is 5.83. The standard InChI is InChI=1S/C18H19N3O6/c1-3-4-9-27-15-7-5-14(6-8-15)19-18(22)13-10-16(20(23)24)12(2)17(11-13)21(25)26/h5-8,10-11H,3-4,9H2,1-2H3,(H,19,22). The molecule has 0 aliphatic rings. The van der Waals surface area contributed by atoms with E-state index in [9.17, 15) is 25.0 Å². The molecule has 0 atom stereocenters. The van der Waals surface area contributed by atoms with Crippen LogP contribution in [0.15, 0.2) is 36.4 Å². The second kappa shape index (κ2) is 8.75. The Kier molecular flexibility index (Phi) is 6.42. The van der Waals surface area contributed by atoms with Gasteiger partial charge in [0.15, 0.2) is 0 Å². The SMILES string of the molecule is CCCCOc1ccc(NC(=O)c2cc([N+](=O)[O-])c(C)c([N+](=O)[O-])c2)cc1. The molecule has 0 aliphatic heterocycles. The molecular weight excluding hydrogens is 354 g/mol. The van der Waals surface area contributed by atoms with Crippen LogP contribution >= 0.6 is 0 Å². The van der Waals surface area contributed by atoms with E-state index in [4.69, 9.17) is 4.74 Å². The number of anilines is 1. The van der Waals surface area contributed by atoms with E-state index in [0.717, 1.165) is 25.0 Å². The molecule has 0 heterocycles. The number of nitro benzene ring substituents is 2. The lowest BCUT2D eigenvalue weighted by atomic mass is 10.1. The number of nitrogens with zero attached hydrogens (tertiary/aromatic N) is 2. The Labute approximate surface area is 155 Å². The number of hydrogen-bond acceptors (Lipinski definition) is 6. The molecule has 0 aliphatic carbocycles. The van der Waals surface area contributed by atoms with Crippen LogP contribution in [0.25, 0.3) is 0 Å². The molecule has 1 amide bonds. The van der Waals surface area contributed by atoms with Crippen molar-refractivity contribution in [3.05, 3.63) is 67.8 Å². The molecule has 2 aromatic carbocycles. The predicted molar refractivity (Wildman–Crippen MR) is 99.3 cm³/mol. The smallest absolute Gasteiger partial charge is 0.279 e. The van der Waals surface area contributed by atoms with Crippen LogP contribution < -0.4 is 10.1 Å². The maximum Gasteiger partial charge on any atom is 0.279 e. The molecule has 2 rings (SSSR count). The monoisotopic (exact) mass is 373 g/mol. The summed E-state index contributed by atoms with van der Waals surface area (Å²) in [7, 11) is 0. The van der Waals surface area contributed by atoms with E-state index in [0.29, 0.717) is 18.0 Å². The number of rotatable bonds is 8. The molecule has 0 radical (unpaired) electrons. The molecule has 0 saturated carbocycles. The Morgan fingerprint density at radius 3 is 2.11 bits per heavy atom. The Hall–Kier alpha value is -3.49. The van der Waals surface area contributed by atoms with Gasteiger partial charge >= 0.3 is 0 Å². The van der Waals surface area contributed by atoms with Crippen LogP contribution in [-0.2, 0) is 0 Å². The van der Waals surface area contributed by atoms with Gasteiger partial charge in [0.1, 0.15) is 11.3 Å². The molecule has 9 nitrogen and oxygen atoms in total. The molecular formula is C18H19N3O6. The predicted octanol–water partition coefficient (Wildman–Crippen LogP) is 4.24. The fourth-order valence-corrected chi connectivity index (χ4v) is 2.37. The van der Waals surface area contributed by atoms with Crippen molar-refractivity contribution in [3.63, 3.8) is 0 Å². The number of carbonyl (C=O) groups is 1. The third kappa shape index (κ3) is 5.00. The van der Waals surface area contributed by atoms with Gasteiger partial charge in [0, 0.05) is 17.8 Å². The summed E-state index contributed by atoms with van der Waals surface area (Å²) in [5, 5.41) is 24.8. The molecule has 0 bridgehead atoms. The Morgan fingerprint density at radius 2 is 1.63 bits per heavy atom. The molecule has 0 unspecified atom stereocenters. The fraction of sp³-hybridized carbons (Fsp3) is 0.278. The van der Waals surface area contributed by atoms with E-state index < -0.39 is 27.1 Å². The molecule has 0 fully saturated rings. The first-order valence-corrected chi connectivity index (χ1v) is 8.31. The zero-order valence-corrected chi connectivity index (χ0v) is 14.9. The fourth-order valence-electron chi connectivity index (χ4n) is 2.37. The first-order chi connectivity index (χ1) is 12.8. The van der Waals surface area contributed by atoms with Gasteiger partial charge in [0.2, 0.25) is 0 Å². The molecule has 0 aromatic heterocycles. The van der Waals surface area contributed by atoms with Crippen LogP contribution in [0.2, 0.25) is 0 Å². The molecule has 2 aromatic rings. The van der Waals surface area contributed by atoms with Crippen molar-refractivity contribution < 1.29 is 19.4 Å². The van der Waals surface area contributed by atoms with Crippen LogP contribution in [0.3, 0.4) is 0 Å². The lowest BCUT2D eigenvalue weighted by Gasteiger charge is -2.09. The first-order valence-electron chi connectivity index (χ1n) is 8.31. The molecule has 0 spiro atoms. The van der Waals surface area contributed by atoms with Gasteiger partial charge in [0.05, 0.1) is 22.0 Å². The molecule has 0 saturated heterocycles. The van der Waals surface area contributed by atoms with Crippen molar-refractivity contribution in [2.24, 2.45) is 0 Å². The van der Waals surface area contributed by atoms with Crippen LogP contribution in [-0.4, -0.2) is 22.4 Å². The number of ether oxygens (including phenoxy) is 1. The zero-order valence-electron chi connectivity index (χ0n) is 14.9. The van der Waals surface area contributed by atoms with Gasteiger partial charge in [-0.05, 0) is 37.6 Å². The van der Waals surface area contributed by atoms with Gasteiger partial charge in [-0.15, -0.1) is 0 Å². The van der Waals surface area contributed by atoms with Gasteiger partial charge in [-0.25, -0.2) is 0 Å². The summed E-state index contributed by atoms with van der Waals surface area (Å²) in [5.74, 6) is -0.0242. The van der Waals surface area contributed by atoms with Gasteiger partial charge in [0.25, 0.3) is 17.3 Å². The summed E-state index contributed by atoms with van der Waals surface area (Å²) in [5.41, 5.74) is -0.783. The third-order valence-corrected chi connectivity index (χ3v) is 3.89. The minimum absolute atomic E-state index is 0.102. The van der Waals surface area contributed by atoms with Gasteiger partial charge in [-0.3, -0.25) is 25.0 Å². The minimum atomic E-state index is -0.748. The second-order valence-corrected chi connectivity index (χ2v) is 5.83. The lowest BCUT2D eigenvalue weighted by molar-refractivity contribution is -0.395. The summed E-state index contributed by atoms with van der Waals surface area (Å²) in [4.78, 5) is 33.1. The van der Waals surface area contributed by atoms with Crippen LogP contribution in [0.4, 0.5) is 17.1 Å². The van der Waals surface area contributed by atoms with Crippen molar-refractivity contribution in [2.75, 3.05) is 11.9 Å². The van der Waals surface area contributed by atoms with E-state index in [1.807, 2.05) is 0 Å². The van der Waals surface area contributed by atoms with Crippen molar-refractivity contribution in [2.45, 2.75) is 26.7 Å². The largest absolute Gasteiger partial charge is 0.494 e. The van der Waals surface area contributed by atoms with Gasteiger partial charge in [-0.1, -0.05) is 13.3 Å². The average molecular weight is 373 g/mol. The normalized spacial score (nSPS) is 10.3. The van der Waals surface area contributed by atoms with E-state index in [1.54, 1.807) is 24.3 Å². The maximum absolute atomic E-state index is 12.4. The van der Waals surface area contributed by atoms with Crippen LogP contribution in [0.5, 0.6) is 5.75 Å². The number of hydrogen-bond donors (Lipinski definition) is 1. The molecule has 1 N–H and O–H groups in total. The number of nitro groups is 2. The van der Waals surface area contributed by atoms with Crippen molar-refractivity contribution in [1.29, 1.82) is 0 Å². The number of nitrogens with one attached hydrogen (secondary N) is 1. The highest BCUT2D eigenvalue weighted by Gasteiger charge is 2.25. The highest BCUT2D eigenvalue weighted by molar-refractivity contribution is 6.05. The third-order valence-electron chi connectivity index (χ3n) is 3.89. The van der Waals surface area contributed by atoms with Gasteiger partial charge < -0.3 is 10.1 Å². The Morgan fingerprint density at radius 1 is 1.07 bits per heavy atom.